The molecule has 0 heterocycles. The molecule has 3 amide bonds. The number of aliphatic imine (C=N–C) groups is 1. The number of carboxylic acids is 1. The van der Waals surface area contributed by atoms with Crippen LogP contribution in [0.4, 0.5) is 9.59 Å². The van der Waals surface area contributed by atoms with Crippen molar-refractivity contribution < 1.29 is 33.8 Å². The largest absolute Gasteiger partial charge is 0.480 e. The van der Waals surface area contributed by atoms with Crippen molar-refractivity contribution in [3.63, 3.8) is 0 Å². The van der Waals surface area contributed by atoms with Crippen molar-refractivity contribution in [2.24, 2.45) is 4.99 Å². The van der Waals surface area contributed by atoms with E-state index in [0.717, 1.165) is 0 Å². The summed E-state index contributed by atoms with van der Waals surface area (Å²) in [5.74, 6) is -2.17. The van der Waals surface area contributed by atoms with Gasteiger partial charge >= 0.3 is 18.2 Å². The number of nitriles is 1. The topological polar surface area (TPSA) is 179 Å². The Hall–Kier alpha value is -3.36. The number of alkyl carbamates (subject to hydrolysis) is 1. The fraction of sp³-hybridized carbons (Fsp3) is 0.684. The van der Waals surface area contributed by atoms with E-state index in [4.69, 9.17) is 14.7 Å². The number of carboxylic acid groups (broad SMARTS) is 1. The lowest BCUT2D eigenvalue weighted by Crippen LogP contribution is -2.45. The minimum Gasteiger partial charge on any atom is -0.480 e. The molecule has 0 saturated carbocycles. The molecule has 0 aromatic carbocycles. The first-order valence-corrected chi connectivity index (χ1v) is 9.57. The predicted octanol–water partition coefficient (Wildman–Crippen LogP) is 1.66. The highest BCUT2D eigenvalue weighted by Gasteiger charge is 2.21. The zero-order valence-electron chi connectivity index (χ0n) is 18.7. The van der Waals surface area contributed by atoms with Gasteiger partial charge in [-0.25, -0.2) is 14.4 Å². The van der Waals surface area contributed by atoms with Gasteiger partial charge in [0.05, 0.1) is 6.07 Å². The molecule has 0 rings (SSSR count). The molecule has 0 aromatic rings. The molecule has 12 heteroatoms. The lowest BCUT2D eigenvalue weighted by molar-refractivity contribution is -0.141. The summed E-state index contributed by atoms with van der Waals surface area (Å²) in [6.07, 6.45) is -1.99. The maximum atomic E-state index is 12.0. The Morgan fingerprint density at radius 2 is 1.65 bits per heavy atom. The second-order valence-corrected chi connectivity index (χ2v) is 8.43. The maximum Gasteiger partial charge on any atom is 0.437 e. The van der Waals surface area contributed by atoms with E-state index in [9.17, 15) is 24.3 Å². The summed E-state index contributed by atoms with van der Waals surface area (Å²) in [6, 6.07) is 0.446. The molecule has 174 valence electrons. The number of carbonyl (C=O) groups excluding carboxylic acids is 3. The number of hydrogen-bond donors (Lipinski definition) is 4. The number of nitrogens with one attached hydrogen (secondary N) is 3. The van der Waals surface area contributed by atoms with E-state index in [1.54, 1.807) is 47.6 Å². The van der Waals surface area contributed by atoms with Crippen molar-refractivity contribution in [3.05, 3.63) is 0 Å². The number of hydrogen-bond acceptors (Lipinski definition) is 7. The predicted molar refractivity (Wildman–Crippen MR) is 110 cm³/mol. The van der Waals surface area contributed by atoms with Gasteiger partial charge in [-0.1, -0.05) is 0 Å². The van der Waals surface area contributed by atoms with Gasteiger partial charge in [-0.3, -0.25) is 10.1 Å². The van der Waals surface area contributed by atoms with Crippen molar-refractivity contribution in [3.8, 4) is 6.07 Å². The summed E-state index contributed by atoms with van der Waals surface area (Å²) >= 11 is 0. The lowest BCUT2D eigenvalue weighted by Gasteiger charge is -2.21. The van der Waals surface area contributed by atoms with Crippen LogP contribution >= 0.6 is 0 Å². The van der Waals surface area contributed by atoms with E-state index in [0.29, 0.717) is 0 Å². The van der Waals surface area contributed by atoms with E-state index in [1.807, 2.05) is 0 Å². The third-order valence-electron chi connectivity index (χ3n) is 3.05. The van der Waals surface area contributed by atoms with E-state index >= 15 is 0 Å². The molecule has 1 atom stereocenters. The van der Waals surface area contributed by atoms with Crippen molar-refractivity contribution in [2.75, 3.05) is 6.54 Å². The molecule has 0 aliphatic rings. The zero-order valence-corrected chi connectivity index (χ0v) is 18.7. The minimum atomic E-state index is -1.25. The van der Waals surface area contributed by atoms with Crippen LogP contribution in [0.25, 0.3) is 0 Å². The first-order chi connectivity index (χ1) is 14.1. The number of rotatable bonds is 7. The summed E-state index contributed by atoms with van der Waals surface area (Å²) in [4.78, 5) is 50.3. The van der Waals surface area contributed by atoms with E-state index in [1.165, 1.54) is 0 Å². The van der Waals surface area contributed by atoms with Gasteiger partial charge in [-0.15, -0.1) is 4.99 Å². The molecule has 31 heavy (non-hydrogen) atoms. The molecular weight excluding hydrogens is 410 g/mol. The number of guanidine groups is 1. The highest BCUT2D eigenvalue weighted by atomic mass is 16.6. The molecule has 0 saturated heterocycles. The molecule has 0 spiro atoms. The number of aliphatic carboxylic acids is 1. The Labute approximate surface area is 181 Å². The van der Waals surface area contributed by atoms with Gasteiger partial charge in [0.15, 0.2) is 0 Å². The average molecular weight is 441 g/mol. The Bertz CT molecular complexity index is 729. The quantitative estimate of drug-likeness (QED) is 0.259. The van der Waals surface area contributed by atoms with Gasteiger partial charge in [-0.2, -0.15) is 5.26 Å². The fourth-order valence-electron chi connectivity index (χ4n) is 1.98. The Balaban J connectivity index is 5.01. The van der Waals surface area contributed by atoms with Gasteiger partial charge in [0.1, 0.15) is 23.7 Å². The Kier molecular flexibility index (Phi) is 11.0. The van der Waals surface area contributed by atoms with Crippen molar-refractivity contribution >= 4 is 30.0 Å². The second kappa shape index (κ2) is 12.4. The molecule has 0 fully saturated rings. The summed E-state index contributed by atoms with van der Waals surface area (Å²) in [5.41, 5.74) is -1.58. The first kappa shape index (κ1) is 27.6. The Morgan fingerprint density at radius 1 is 1.06 bits per heavy atom. The van der Waals surface area contributed by atoms with Gasteiger partial charge in [0, 0.05) is 6.54 Å². The first-order valence-electron chi connectivity index (χ1n) is 9.57. The van der Waals surface area contributed by atoms with Crippen LogP contribution in [0.3, 0.4) is 0 Å². The summed E-state index contributed by atoms with van der Waals surface area (Å²) in [7, 11) is 0. The van der Waals surface area contributed by atoms with Gasteiger partial charge in [0.2, 0.25) is 11.9 Å². The van der Waals surface area contributed by atoms with Crippen LogP contribution in [0.2, 0.25) is 0 Å². The third-order valence-corrected chi connectivity index (χ3v) is 3.05. The van der Waals surface area contributed by atoms with Gasteiger partial charge in [-0.05, 0) is 54.4 Å². The number of nitrogens with zero attached hydrogens (tertiary/aromatic N) is 2. The monoisotopic (exact) mass is 441 g/mol. The molecule has 0 aliphatic heterocycles. The van der Waals surface area contributed by atoms with Crippen LogP contribution < -0.4 is 16.0 Å². The highest BCUT2D eigenvalue weighted by molar-refractivity contribution is 5.98. The van der Waals surface area contributed by atoms with Crippen molar-refractivity contribution in [2.45, 2.75) is 78.0 Å². The molecule has 0 bridgehead atoms. The van der Waals surface area contributed by atoms with E-state index in [2.05, 4.69) is 20.9 Å². The van der Waals surface area contributed by atoms with Crippen molar-refractivity contribution in [1.82, 2.24) is 16.0 Å². The van der Waals surface area contributed by atoms with Crippen LogP contribution in [0.1, 0.15) is 60.8 Å². The molecule has 0 aliphatic carbocycles. The Morgan fingerprint density at radius 3 is 2.13 bits per heavy atom. The second-order valence-electron chi connectivity index (χ2n) is 8.43. The third kappa shape index (κ3) is 15.2. The van der Waals surface area contributed by atoms with Crippen LogP contribution in [-0.2, 0) is 19.1 Å². The number of carbonyl (C=O) groups is 4. The normalized spacial score (nSPS) is 12.7. The summed E-state index contributed by atoms with van der Waals surface area (Å²) in [5, 5.41) is 24.9. The fourth-order valence-corrected chi connectivity index (χ4v) is 1.98. The molecule has 0 radical (unpaired) electrons. The van der Waals surface area contributed by atoms with Gasteiger partial charge in [0.25, 0.3) is 0 Å². The SMILES string of the molecule is CC(C)(C)OC(=O)N=C(NCCCC(NC(=O)CC#N)C(=O)O)NC(=O)OC(C)(C)C. The molecular formula is C19H31N5O7. The maximum absolute atomic E-state index is 12.0. The summed E-state index contributed by atoms with van der Waals surface area (Å²) < 4.78 is 10.2. The highest BCUT2D eigenvalue weighted by Crippen LogP contribution is 2.08. The van der Waals surface area contributed by atoms with Crippen LogP contribution in [0, 0.1) is 11.3 Å². The van der Waals surface area contributed by atoms with Gasteiger partial charge < -0.3 is 25.2 Å². The van der Waals surface area contributed by atoms with E-state index < -0.39 is 47.7 Å². The molecule has 1 unspecified atom stereocenters. The van der Waals surface area contributed by atoms with Crippen LogP contribution in [0.5, 0.6) is 0 Å². The standard InChI is InChI=1S/C19H31N5O7/c1-18(2,3)30-16(28)23-15(24-17(29)31-19(4,5)6)21-11-7-8-12(14(26)27)22-13(25)9-10-20/h12H,7-9,11H2,1-6H3,(H,22,25)(H,26,27)(H2,21,23,24,28,29). The van der Waals surface area contributed by atoms with Crippen LogP contribution in [-0.4, -0.2) is 58.9 Å². The number of amides is 3. The number of ether oxygens (including phenoxy) is 2. The zero-order chi connectivity index (χ0) is 24.2. The van der Waals surface area contributed by atoms with Crippen LogP contribution in [0.15, 0.2) is 4.99 Å². The van der Waals surface area contributed by atoms with Crippen molar-refractivity contribution in [1.29, 1.82) is 5.26 Å². The van der Waals surface area contributed by atoms with E-state index in [-0.39, 0.29) is 25.3 Å². The molecule has 12 nitrogen and oxygen atoms in total. The lowest BCUT2D eigenvalue weighted by atomic mass is 10.1. The molecule has 0 aromatic heterocycles. The minimum absolute atomic E-state index is 0.0334. The summed E-state index contributed by atoms with van der Waals surface area (Å²) in [6.45, 7) is 10.1. The molecule has 4 N–H and O–H groups in total. The average Bonchev–Trinajstić information content (AvgIpc) is 2.53. The smallest absolute Gasteiger partial charge is 0.437 e.